The van der Waals surface area contributed by atoms with Crippen LogP contribution in [-0.4, -0.2) is 35.5 Å². The summed E-state index contributed by atoms with van der Waals surface area (Å²) in [6.07, 6.45) is 6.20. The Morgan fingerprint density at radius 1 is 1.16 bits per heavy atom. The summed E-state index contributed by atoms with van der Waals surface area (Å²) in [6.45, 7) is 4.61. The van der Waals surface area contributed by atoms with Gasteiger partial charge < -0.3 is 10.2 Å². The minimum absolute atomic E-state index is 0.104. The predicted molar refractivity (Wildman–Crippen MR) is 99.5 cm³/mol. The van der Waals surface area contributed by atoms with E-state index in [0.29, 0.717) is 5.92 Å². The molecule has 1 saturated heterocycles. The van der Waals surface area contributed by atoms with Crippen molar-refractivity contribution in [3.8, 4) is 0 Å². The Hall–Kier alpha value is -2.43. The number of anilines is 1. The van der Waals surface area contributed by atoms with Crippen LogP contribution in [0.25, 0.3) is 0 Å². The first kappa shape index (κ1) is 17.4. The molecular weight excluding hydrogens is 312 g/mol. The van der Waals surface area contributed by atoms with E-state index in [1.807, 2.05) is 12.1 Å². The Morgan fingerprint density at radius 3 is 2.52 bits per heavy atom. The minimum atomic E-state index is 0.104. The second-order valence-corrected chi connectivity index (χ2v) is 6.70. The summed E-state index contributed by atoms with van der Waals surface area (Å²) >= 11 is 0. The monoisotopic (exact) mass is 338 g/mol. The zero-order valence-corrected chi connectivity index (χ0v) is 14.8. The SMILES string of the molecule is C[C@@H](CCNC(=O)C1CCN(c2ncccn2)CC1)c1ccccc1. The van der Waals surface area contributed by atoms with Crippen LogP contribution in [-0.2, 0) is 4.79 Å². The average molecular weight is 338 g/mol. The van der Waals surface area contributed by atoms with Crippen molar-refractivity contribution >= 4 is 11.9 Å². The number of rotatable bonds is 6. The highest BCUT2D eigenvalue weighted by Crippen LogP contribution is 2.21. The number of nitrogens with one attached hydrogen (secondary N) is 1. The molecule has 0 unspecified atom stereocenters. The lowest BCUT2D eigenvalue weighted by atomic mass is 9.95. The summed E-state index contributed by atoms with van der Waals surface area (Å²) in [4.78, 5) is 23.1. The van der Waals surface area contributed by atoms with E-state index in [1.165, 1.54) is 5.56 Å². The quantitative estimate of drug-likeness (QED) is 0.880. The number of carbonyl (C=O) groups is 1. The molecule has 1 aromatic carbocycles. The van der Waals surface area contributed by atoms with Gasteiger partial charge in [0.15, 0.2) is 0 Å². The van der Waals surface area contributed by atoms with Crippen LogP contribution in [0.2, 0.25) is 0 Å². The van der Waals surface area contributed by atoms with E-state index in [4.69, 9.17) is 0 Å². The summed E-state index contributed by atoms with van der Waals surface area (Å²) in [5, 5.41) is 3.12. The van der Waals surface area contributed by atoms with E-state index in [-0.39, 0.29) is 11.8 Å². The highest BCUT2D eigenvalue weighted by Gasteiger charge is 2.25. The fourth-order valence-corrected chi connectivity index (χ4v) is 3.30. The molecular formula is C20H26N4O. The van der Waals surface area contributed by atoms with Gasteiger partial charge in [-0.2, -0.15) is 0 Å². The molecule has 1 aromatic heterocycles. The van der Waals surface area contributed by atoms with Gasteiger partial charge in [0.2, 0.25) is 11.9 Å². The third-order valence-corrected chi connectivity index (χ3v) is 4.95. The van der Waals surface area contributed by atoms with Crippen LogP contribution in [0.5, 0.6) is 0 Å². The molecule has 5 heteroatoms. The lowest BCUT2D eigenvalue weighted by molar-refractivity contribution is -0.125. The van der Waals surface area contributed by atoms with Crippen LogP contribution in [0.3, 0.4) is 0 Å². The molecule has 1 atom stereocenters. The van der Waals surface area contributed by atoms with Crippen LogP contribution in [0, 0.1) is 5.92 Å². The lowest BCUT2D eigenvalue weighted by Crippen LogP contribution is -2.41. The van der Waals surface area contributed by atoms with Gasteiger partial charge in [-0.1, -0.05) is 37.3 Å². The fourth-order valence-electron chi connectivity index (χ4n) is 3.30. The number of aromatic nitrogens is 2. The molecule has 0 bridgehead atoms. The Bertz CT molecular complexity index is 654. The number of hydrogen-bond donors (Lipinski definition) is 1. The van der Waals surface area contributed by atoms with E-state index in [0.717, 1.165) is 44.8 Å². The molecule has 2 heterocycles. The van der Waals surface area contributed by atoms with Gasteiger partial charge in [-0.15, -0.1) is 0 Å². The topological polar surface area (TPSA) is 58.1 Å². The second kappa shape index (κ2) is 8.60. The maximum absolute atomic E-state index is 12.4. The number of piperidine rings is 1. The highest BCUT2D eigenvalue weighted by atomic mass is 16.1. The molecule has 1 aliphatic rings. The molecule has 1 aliphatic heterocycles. The maximum Gasteiger partial charge on any atom is 0.225 e. The average Bonchev–Trinajstić information content (AvgIpc) is 2.69. The van der Waals surface area contributed by atoms with Gasteiger partial charge in [0.1, 0.15) is 0 Å². The summed E-state index contributed by atoms with van der Waals surface area (Å²) in [7, 11) is 0. The van der Waals surface area contributed by atoms with Crippen LogP contribution in [0.15, 0.2) is 48.8 Å². The minimum Gasteiger partial charge on any atom is -0.356 e. The van der Waals surface area contributed by atoms with Crippen molar-refractivity contribution in [2.24, 2.45) is 5.92 Å². The van der Waals surface area contributed by atoms with Crippen molar-refractivity contribution in [2.45, 2.75) is 32.1 Å². The molecule has 25 heavy (non-hydrogen) atoms. The van der Waals surface area contributed by atoms with Crippen molar-refractivity contribution in [3.63, 3.8) is 0 Å². The number of hydrogen-bond acceptors (Lipinski definition) is 4. The number of benzene rings is 1. The third kappa shape index (κ3) is 4.78. The summed E-state index contributed by atoms with van der Waals surface area (Å²) in [5.41, 5.74) is 1.33. The van der Waals surface area contributed by atoms with Crippen LogP contribution in [0.1, 0.15) is 37.7 Å². The first-order chi connectivity index (χ1) is 12.2. The maximum atomic E-state index is 12.4. The first-order valence-corrected chi connectivity index (χ1v) is 9.08. The lowest BCUT2D eigenvalue weighted by Gasteiger charge is -2.31. The van der Waals surface area contributed by atoms with Crippen LogP contribution in [0.4, 0.5) is 5.95 Å². The van der Waals surface area contributed by atoms with Crippen LogP contribution >= 0.6 is 0 Å². The molecule has 0 aliphatic carbocycles. The van der Waals surface area contributed by atoms with E-state index < -0.39 is 0 Å². The molecule has 132 valence electrons. The van der Waals surface area contributed by atoms with Gasteiger partial charge in [-0.25, -0.2) is 9.97 Å². The van der Waals surface area contributed by atoms with Crippen molar-refractivity contribution in [1.82, 2.24) is 15.3 Å². The normalized spacial score (nSPS) is 16.4. The molecule has 0 spiro atoms. The van der Waals surface area contributed by atoms with E-state index in [1.54, 1.807) is 12.4 Å². The third-order valence-electron chi connectivity index (χ3n) is 4.95. The zero-order chi connectivity index (χ0) is 17.5. The number of carbonyl (C=O) groups excluding carboxylic acids is 1. The number of amides is 1. The van der Waals surface area contributed by atoms with Crippen molar-refractivity contribution in [3.05, 3.63) is 54.4 Å². The van der Waals surface area contributed by atoms with Crippen molar-refractivity contribution in [1.29, 1.82) is 0 Å². The van der Waals surface area contributed by atoms with Crippen molar-refractivity contribution < 1.29 is 4.79 Å². The first-order valence-electron chi connectivity index (χ1n) is 9.08. The van der Waals surface area contributed by atoms with Crippen LogP contribution < -0.4 is 10.2 Å². The molecule has 1 N–H and O–H groups in total. The molecule has 0 saturated carbocycles. The standard InChI is InChI=1S/C20H26N4O/c1-16(17-6-3-2-4-7-17)8-13-21-19(25)18-9-14-24(15-10-18)20-22-11-5-12-23-20/h2-7,11-12,16,18H,8-10,13-15H2,1H3,(H,21,25)/t16-/m0/s1. The van der Waals surface area contributed by atoms with Gasteiger partial charge in [0, 0.05) is 37.9 Å². The van der Waals surface area contributed by atoms with Gasteiger partial charge in [-0.05, 0) is 36.8 Å². The van der Waals surface area contributed by atoms with E-state index >= 15 is 0 Å². The van der Waals surface area contributed by atoms with Crippen molar-refractivity contribution in [2.75, 3.05) is 24.5 Å². The largest absolute Gasteiger partial charge is 0.356 e. The Labute approximate surface area is 149 Å². The Kier molecular flexibility index (Phi) is 5.99. The van der Waals surface area contributed by atoms with Gasteiger partial charge in [0.05, 0.1) is 0 Å². The number of nitrogens with zero attached hydrogens (tertiary/aromatic N) is 3. The van der Waals surface area contributed by atoms with E-state index in [9.17, 15) is 4.79 Å². The molecule has 1 fully saturated rings. The second-order valence-electron chi connectivity index (χ2n) is 6.70. The molecule has 3 rings (SSSR count). The van der Waals surface area contributed by atoms with Gasteiger partial charge >= 0.3 is 0 Å². The summed E-state index contributed by atoms with van der Waals surface area (Å²) in [5.74, 6) is 1.51. The highest BCUT2D eigenvalue weighted by molar-refractivity contribution is 5.78. The summed E-state index contributed by atoms with van der Waals surface area (Å²) < 4.78 is 0. The van der Waals surface area contributed by atoms with Gasteiger partial charge in [-0.3, -0.25) is 4.79 Å². The Balaban J connectivity index is 1.39. The smallest absolute Gasteiger partial charge is 0.225 e. The summed E-state index contributed by atoms with van der Waals surface area (Å²) in [6, 6.07) is 12.3. The van der Waals surface area contributed by atoms with E-state index in [2.05, 4.69) is 51.4 Å². The zero-order valence-electron chi connectivity index (χ0n) is 14.8. The molecule has 5 nitrogen and oxygen atoms in total. The fraction of sp³-hybridized carbons (Fsp3) is 0.450. The molecule has 1 amide bonds. The van der Waals surface area contributed by atoms with Gasteiger partial charge in [0.25, 0.3) is 0 Å². The molecule has 0 radical (unpaired) electrons. The molecule has 2 aromatic rings. The predicted octanol–water partition coefficient (Wildman–Crippen LogP) is 3.00. The Morgan fingerprint density at radius 2 is 1.84 bits per heavy atom.